The molecule has 0 radical (unpaired) electrons. The normalized spacial score (nSPS) is 15.7. The fourth-order valence-corrected chi connectivity index (χ4v) is 10.2. The van der Waals surface area contributed by atoms with Gasteiger partial charge in [-0.05, 0) is 69.3 Å². The smallest absolute Gasteiger partial charge is 0.428 e. The van der Waals surface area contributed by atoms with Crippen LogP contribution >= 0.6 is 7.26 Å². The Morgan fingerprint density at radius 1 is 0.744 bits per heavy atom. The molecule has 5 nitrogen and oxygen atoms in total. The molecule has 1 heterocycles. The molecule has 0 aliphatic carbocycles. The first-order valence-electron chi connectivity index (χ1n) is 13.2. The van der Waals surface area contributed by atoms with Crippen molar-refractivity contribution < 1.29 is 19.1 Å². The van der Waals surface area contributed by atoms with Crippen molar-refractivity contribution in [2.45, 2.75) is 38.5 Å². The maximum absolute atomic E-state index is 14.5. The molecule has 1 fully saturated rings. The number of hydrogen-bond acceptors (Lipinski definition) is 4. The van der Waals surface area contributed by atoms with E-state index in [1.807, 2.05) is 30.3 Å². The van der Waals surface area contributed by atoms with E-state index >= 15 is 0 Å². The summed E-state index contributed by atoms with van der Waals surface area (Å²) in [5.41, 5.74) is -0.395. The van der Waals surface area contributed by atoms with Crippen LogP contribution in [0.5, 0.6) is 5.75 Å². The predicted octanol–water partition coefficient (Wildman–Crippen LogP) is 6.10. The number of nitrogens with zero attached hydrogens (tertiary/aromatic N) is 1. The maximum atomic E-state index is 14.5. The molecule has 1 aliphatic rings. The number of carbonyl (C=O) groups is 2. The molecular weight excluding hydrogens is 505 g/mol. The molecule has 4 aromatic rings. The van der Waals surface area contributed by atoms with E-state index in [4.69, 9.17) is 9.47 Å². The average Bonchev–Trinajstić information content (AvgIpc) is 3.31. The molecule has 0 unspecified atom stereocenters. The molecule has 0 N–H and O–H groups in total. The molecule has 4 aromatic carbocycles. The van der Waals surface area contributed by atoms with Gasteiger partial charge in [0.05, 0.1) is 5.69 Å². The molecule has 6 heteroatoms. The molecular formula is C33H33NO4P+. The van der Waals surface area contributed by atoms with Gasteiger partial charge in [-0.15, -0.1) is 0 Å². The number of para-hydroxylation sites is 2. The molecule has 0 aromatic heterocycles. The second-order valence-corrected chi connectivity index (χ2v) is 14.2. The van der Waals surface area contributed by atoms with Crippen molar-refractivity contribution >= 4 is 40.9 Å². The minimum absolute atomic E-state index is 0.0279. The van der Waals surface area contributed by atoms with Gasteiger partial charge in [-0.25, -0.2) is 4.79 Å². The van der Waals surface area contributed by atoms with Crippen LogP contribution < -0.4 is 25.6 Å². The first-order valence-corrected chi connectivity index (χ1v) is 15.0. The standard InChI is InChI=1S/C33H33NO4P/c1-33(2,3)38-32(36)37-29-22-14-13-21-28(29)34-24-23-30(31(34)35)39(25-15-7-4-8-16-25,26-17-9-5-10-18-26)27-19-11-6-12-20-27/h4-22,30H,23-24H2,1-3H3/q+1/t30-/m1/s1. The van der Waals surface area contributed by atoms with Crippen molar-refractivity contribution in [2.24, 2.45) is 0 Å². The molecule has 1 aliphatic heterocycles. The van der Waals surface area contributed by atoms with Gasteiger partial charge >= 0.3 is 6.16 Å². The lowest BCUT2D eigenvalue weighted by Gasteiger charge is -2.32. The van der Waals surface area contributed by atoms with E-state index in [2.05, 4.69) is 72.8 Å². The van der Waals surface area contributed by atoms with Crippen LogP contribution in [-0.4, -0.2) is 29.9 Å². The van der Waals surface area contributed by atoms with Gasteiger partial charge in [-0.3, -0.25) is 4.79 Å². The minimum Gasteiger partial charge on any atom is -0.428 e. The van der Waals surface area contributed by atoms with Crippen molar-refractivity contribution in [3.63, 3.8) is 0 Å². The zero-order chi connectivity index (χ0) is 27.5. The topological polar surface area (TPSA) is 55.8 Å². The summed E-state index contributed by atoms with van der Waals surface area (Å²) in [4.78, 5) is 28.8. The summed E-state index contributed by atoms with van der Waals surface area (Å²) in [5, 5.41) is 3.50. The van der Waals surface area contributed by atoms with Gasteiger partial charge in [-0.1, -0.05) is 66.7 Å². The molecule has 1 saturated heterocycles. The highest BCUT2D eigenvalue weighted by Crippen LogP contribution is 2.62. The number of amides is 1. The number of anilines is 1. The summed E-state index contributed by atoms with van der Waals surface area (Å²) < 4.78 is 11.0. The van der Waals surface area contributed by atoms with Crippen LogP contribution in [0.3, 0.4) is 0 Å². The monoisotopic (exact) mass is 538 g/mol. The van der Waals surface area contributed by atoms with E-state index in [1.54, 1.807) is 37.8 Å². The Labute approximate surface area is 230 Å². The van der Waals surface area contributed by atoms with E-state index in [0.717, 1.165) is 0 Å². The van der Waals surface area contributed by atoms with Crippen molar-refractivity contribution in [1.29, 1.82) is 0 Å². The van der Waals surface area contributed by atoms with Gasteiger partial charge < -0.3 is 14.4 Å². The van der Waals surface area contributed by atoms with Crippen molar-refractivity contribution in [3.8, 4) is 5.75 Å². The lowest BCUT2D eigenvalue weighted by atomic mass is 10.2. The molecule has 5 rings (SSSR count). The van der Waals surface area contributed by atoms with Gasteiger partial charge in [0.15, 0.2) is 11.4 Å². The van der Waals surface area contributed by atoms with Gasteiger partial charge in [0.25, 0.3) is 5.91 Å². The highest BCUT2D eigenvalue weighted by atomic mass is 31.2. The SMILES string of the molecule is CC(C)(C)OC(=O)Oc1ccccc1N1CC[C@@H]([P+](c2ccccc2)(c2ccccc2)c2ccccc2)C1=O. The second kappa shape index (κ2) is 11.0. The molecule has 0 spiro atoms. The summed E-state index contributed by atoms with van der Waals surface area (Å²) in [6, 6.07) is 38.5. The summed E-state index contributed by atoms with van der Waals surface area (Å²) in [6.45, 7) is 5.88. The number of rotatable bonds is 6. The van der Waals surface area contributed by atoms with Crippen molar-refractivity contribution in [3.05, 3.63) is 115 Å². The largest absolute Gasteiger partial charge is 0.514 e. The minimum atomic E-state index is -2.41. The zero-order valence-electron chi connectivity index (χ0n) is 22.5. The van der Waals surface area contributed by atoms with Crippen molar-refractivity contribution in [1.82, 2.24) is 0 Å². The van der Waals surface area contributed by atoms with Gasteiger partial charge in [0.1, 0.15) is 28.8 Å². The van der Waals surface area contributed by atoms with E-state index in [1.165, 1.54) is 15.9 Å². The zero-order valence-corrected chi connectivity index (χ0v) is 23.4. The lowest BCUT2D eigenvalue weighted by Crippen LogP contribution is -2.43. The van der Waals surface area contributed by atoms with Gasteiger partial charge in [-0.2, -0.15) is 0 Å². The second-order valence-electron chi connectivity index (χ2n) is 10.6. The Balaban J connectivity index is 1.60. The number of ether oxygens (including phenoxy) is 2. The quantitative estimate of drug-likeness (QED) is 0.169. The van der Waals surface area contributed by atoms with Crippen molar-refractivity contribution in [2.75, 3.05) is 11.4 Å². The predicted molar refractivity (Wildman–Crippen MR) is 159 cm³/mol. The summed E-state index contributed by atoms with van der Waals surface area (Å²) in [6.07, 6.45) is -0.121. The van der Waals surface area contributed by atoms with E-state index < -0.39 is 19.0 Å². The van der Waals surface area contributed by atoms with Gasteiger partial charge in [0.2, 0.25) is 0 Å². The molecule has 0 bridgehead atoms. The van der Waals surface area contributed by atoms with Crippen LogP contribution in [-0.2, 0) is 9.53 Å². The van der Waals surface area contributed by atoms with E-state index in [0.29, 0.717) is 24.4 Å². The Morgan fingerprint density at radius 3 is 1.69 bits per heavy atom. The molecule has 39 heavy (non-hydrogen) atoms. The van der Waals surface area contributed by atoms with Gasteiger partial charge in [0, 0.05) is 13.0 Å². The van der Waals surface area contributed by atoms with E-state index in [-0.39, 0.29) is 11.6 Å². The molecule has 1 amide bonds. The van der Waals surface area contributed by atoms with Crippen LogP contribution in [0.2, 0.25) is 0 Å². The molecule has 198 valence electrons. The Kier molecular flexibility index (Phi) is 7.54. The van der Waals surface area contributed by atoms with Crippen LogP contribution in [0.25, 0.3) is 0 Å². The third kappa shape index (κ3) is 5.32. The fraction of sp³-hybridized carbons (Fsp3) is 0.212. The highest BCUT2D eigenvalue weighted by Gasteiger charge is 2.59. The first-order chi connectivity index (χ1) is 18.8. The van der Waals surface area contributed by atoms with Crippen LogP contribution in [0, 0.1) is 0 Å². The van der Waals surface area contributed by atoms with Crippen LogP contribution in [0.1, 0.15) is 27.2 Å². The van der Waals surface area contributed by atoms with E-state index in [9.17, 15) is 9.59 Å². The summed E-state index contributed by atoms with van der Waals surface area (Å²) in [5.74, 6) is 0.337. The highest BCUT2D eigenvalue weighted by molar-refractivity contribution is 7.97. The number of hydrogen-bond donors (Lipinski definition) is 0. The average molecular weight is 539 g/mol. The fourth-order valence-electron chi connectivity index (χ4n) is 5.37. The molecule has 1 atom stereocenters. The lowest BCUT2D eigenvalue weighted by molar-refractivity contribution is -0.116. The first kappa shape index (κ1) is 26.6. The molecule has 0 saturated carbocycles. The Morgan fingerprint density at radius 2 is 1.21 bits per heavy atom. The number of carbonyl (C=O) groups excluding carboxylic acids is 2. The Hall–Kier alpha value is -3.95. The third-order valence-electron chi connectivity index (χ3n) is 6.87. The maximum Gasteiger partial charge on any atom is 0.514 e. The van der Waals surface area contributed by atoms with Crippen LogP contribution in [0.15, 0.2) is 115 Å². The Bertz CT molecular complexity index is 1340. The van der Waals surface area contributed by atoms with Crippen LogP contribution in [0.4, 0.5) is 10.5 Å². The summed E-state index contributed by atoms with van der Waals surface area (Å²) >= 11 is 0. The third-order valence-corrected chi connectivity index (χ3v) is 11.6. The summed E-state index contributed by atoms with van der Waals surface area (Å²) in [7, 11) is -2.41. The number of benzene rings is 4.